The zero-order valence-electron chi connectivity index (χ0n) is 12.0. The smallest absolute Gasteiger partial charge is 0.224 e. The van der Waals surface area contributed by atoms with Gasteiger partial charge in [-0.25, -0.2) is 0 Å². The Morgan fingerprint density at radius 3 is 2.00 bits per heavy atom. The van der Waals surface area contributed by atoms with Crippen LogP contribution in [0.15, 0.2) is 0 Å². The molecule has 3 fully saturated rings. The van der Waals surface area contributed by atoms with E-state index in [-0.39, 0.29) is 5.92 Å². The van der Waals surface area contributed by atoms with Gasteiger partial charge in [-0.3, -0.25) is 4.79 Å². The van der Waals surface area contributed by atoms with Gasteiger partial charge in [-0.15, -0.1) is 0 Å². The summed E-state index contributed by atoms with van der Waals surface area (Å²) in [6, 6.07) is 0.484. The van der Waals surface area contributed by atoms with Gasteiger partial charge in [0.1, 0.15) is 0 Å². The predicted molar refractivity (Wildman–Crippen MR) is 76.8 cm³/mol. The molecule has 2 saturated carbocycles. The Hall–Kier alpha value is -0.570. The van der Waals surface area contributed by atoms with Gasteiger partial charge in [0.25, 0.3) is 0 Å². The molecule has 0 aromatic rings. The molecule has 3 heteroatoms. The van der Waals surface area contributed by atoms with Crippen LogP contribution >= 0.6 is 0 Å². The number of rotatable bonds is 4. The summed E-state index contributed by atoms with van der Waals surface area (Å²) in [6.45, 7) is 1.89. The molecule has 3 nitrogen and oxygen atoms in total. The third-order valence-electron chi connectivity index (χ3n) is 5.56. The van der Waals surface area contributed by atoms with Gasteiger partial charge in [0, 0.05) is 12.6 Å². The van der Waals surface area contributed by atoms with Crippen molar-refractivity contribution in [3.05, 3.63) is 0 Å². The highest BCUT2D eigenvalue weighted by atomic mass is 16.2. The molecule has 1 aliphatic heterocycles. The van der Waals surface area contributed by atoms with E-state index in [2.05, 4.69) is 10.6 Å². The minimum absolute atomic E-state index is 0.227. The quantitative estimate of drug-likeness (QED) is 0.819. The van der Waals surface area contributed by atoms with Crippen LogP contribution in [-0.2, 0) is 4.79 Å². The maximum absolute atomic E-state index is 12.4. The molecule has 1 heterocycles. The van der Waals surface area contributed by atoms with Crippen molar-refractivity contribution in [3.63, 3.8) is 0 Å². The predicted octanol–water partition coefficient (Wildman–Crippen LogP) is 2.46. The molecule has 2 N–H and O–H groups in total. The number of carbonyl (C=O) groups excluding carboxylic acids is 1. The molecule has 0 spiro atoms. The molecule has 0 radical (unpaired) electrons. The standard InChI is InChI=1S/C16H28N2O/c19-16(14-9-10-17-11-14)18-15(12-5-1-2-6-12)13-7-3-4-8-13/h12-15,17H,1-11H2,(H,18,19). The van der Waals surface area contributed by atoms with Crippen LogP contribution in [0.5, 0.6) is 0 Å². The van der Waals surface area contributed by atoms with E-state index in [9.17, 15) is 4.79 Å². The maximum atomic E-state index is 12.4. The lowest BCUT2D eigenvalue weighted by atomic mass is 9.85. The molecule has 1 saturated heterocycles. The van der Waals surface area contributed by atoms with E-state index in [1.165, 1.54) is 51.4 Å². The van der Waals surface area contributed by atoms with Crippen LogP contribution in [0.3, 0.4) is 0 Å². The minimum Gasteiger partial charge on any atom is -0.353 e. The van der Waals surface area contributed by atoms with Crippen molar-refractivity contribution in [1.29, 1.82) is 0 Å². The topological polar surface area (TPSA) is 41.1 Å². The zero-order valence-corrected chi connectivity index (χ0v) is 12.0. The minimum atomic E-state index is 0.227. The first-order valence-corrected chi connectivity index (χ1v) is 8.35. The summed E-state index contributed by atoms with van der Waals surface area (Å²) in [7, 11) is 0. The van der Waals surface area contributed by atoms with Gasteiger partial charge in [0.15, 0.2) is 0 Å². The highest BCUT2D eigenvalue weighted by molar-refractivity contribution is 5.79. The van der Waals surface area contributed by atoms with Gasteiger partial charge < -0.3 is 10.6 Å². The first-order chi connectivity index (χ1) is 9.34. The van der Waals surface area contributed by atoms with E-state index in [0.29, 0.717) is 11.9 Å². The van der Waals surface area contributed by atoms with E-state index >= 15 is 0 Å². The summed E-state index contributed by atoms with van der Waals surface area (Å²) in [6.07, 6.45) is 11.9. The molecule has 2 aliphatic carbocycles. The van der Waals surface area contributed by atoms with Crippen molar-refractivity contribution in [1.82, 2.24) is 10.6 Å². The van der Waals surface area contributed by atoms with Crippen LogP contribution in [0.1, 0.15) is 57.8 Å². The van der Waals surface area contributed by atoms with E-state index in [0.717, 1.165) is 31.3 Å². The fourth-order valence-corrected chi connectivity index (χ4v) is 4.41. The van der Waals surface area contributed by atoms with Crippen LogP contribution in [0.25, 0.3) is 0 Å². The van der Waals surface area contributed by atoms with Crippen molar-refractivity contribution in [2.75, 3.05) is 13.1 Å². The van der Waals surface area contributed by atoms with Crippen molar-refractivity contribution in [2.45, 2.75) is 63.8 Å². The van der Waals surface area contributed by atoms with Gasteiger partial charge in [0.05, 0.1) is 5.92 Å². The third kappa shape index (κ3) is 3.13. The Bertz CT molecular complexity index is 284. The summed E-state index contributed by atoms with van der Waals surface area (Å²) in [5.41, 5.74) is 0. The van der Waals surface area contributed by atoms with E-state index in [1.54, 1.807) is 0 Å². The molecule has 1 amide bonds. The van der Waals surface area contributed by atoms with Crippen molar-refractivity contribution < 1.29 is 4.79 Å². The molecular formula is C16H28N2O. The van der Waals surface area contributed by atoms with Crippen molar-refractivity contribution in [2.24, 2.45) is 17.8 Å². The van der Waals surface area contributed by atoms with Gasteiger partial charge in [-0.05, 0) is 50.5 Å². The first-order valence-electron chi connectivity index (χ1n) is 8.35. The highest BCUT2D eigenvalue weighted by Gasteiger charge is 2.35. The second-order valence-corrected chi connectivity index (χ2v) is 6.81. The van der Waals surface area contributed by atoms with Crippen LogP contribution < -0.4 is 10.6 Å². The lowest BCUT2D eigenvalue weighted by Gasteiger charge is -2.31. The number of nitrogens with one attached hydrogen (secondary N) is 2. The van der Waals surface area contributed by atoms with Crippen molar-refractivity contribution in [3.8, 4) is 0 Å². The Morgan fingerprint density at radius 2 is 1.53 bits per heavy atom. The molecule has 1 unspecified atom stereocenters. The second kappa shape index (κ2) is 6.25. The summed E-state index contributed by atoms with van der Waals surface area (Å²) in [4.78, 5) is 12.4. The van der Waals surface area contributed by atoms with Crippen LogP contribution in [0, 0.1) is 17.8 Å². The van der Waals surface area contributed by atoms with Gasteiger partial charge >= 0.3 is 0 Å². The number of amides is 1. The fraction of sp³-hybridized carbons (Fsp3) is 0.938. The Kier molecular flexibility index (Phi) is 4.42. The Balaban J connectivity index is 1.62. The van der Waals surface area contributed by atoms with Gasteiger partial charge in [-0.2, -0.15) is 0 Å². The molecule has 0 aromatic heterocycles. The lowest BCUT2D eigenvalue weighted by Crippen LogP contribution is -2.46. The first kappa shape index (κ1) is 13.4. The van der Waals surface area contributed by atoms with Gasteiger partial charge in [0.2, 0.25) is 5.91 Å². The molecule has 0 bridgehead atoms. The highest BCUT2D eigenvalue weighted by Crippen LogP contribution is 2.37. The zero-order chi connectivity index (χ0) is 13.1. The van der Waals surface area contributed by atoms with E-state index in [1.807, 2.05) is 0 Å². The third-order valence-corrected chi connectivity index (χ3v) is 5.56. The summed E-state index contributed by atoms with van der Waals surface area (Å²) in [5, 5.41) is 6.77. The molecular weight excluding hydrogens is 236 g/mol. The van der Waals surface area contributed by atoms with Crippen LogP contribution in [0.2, 0.25) is 0 Å². The number of carbonyl (C=O) groups is 1. The summed E-state index contributed by atoms with van der Waals surface area (Å²) in [5.74, 6) is 2.09. The molecule has 19 heavy (non-hydrogen) atoms. The Labute approximate surface area is 116 Å². The largest absolute Gasteiger partial charge is 0.353 e. The van der Waals surface area contributed by atoms with E-state index in [4.69, 9.17) is 0 Å². The molecule has 3 rings (SSSR count). The van der Waals surface area contributed by atoms with Crippen LogP contribution in [0.4, 0.5) is 0 Å². The SMILES string of the molecule is O=C(NC(C1CCCC1)C1CCCC1)C1CCNC1. The van der Waals surface area contributed by atoms with E-state index < -0.39 is 0 Å². The molecule has 1 atom stereocenters. The summed E-state index contributed by atoms with van der Waals surface area (Å²) >= 11 is 0. The normalized spacial score (nSPS) is 29.4. The van der Waals surface area contributed by atoms with Crippen molar-refractivity contribution >= 4 is 5.91 Å². The van der Waals surface area contributed by atoms with Gasteiger partial charge in [-0.1, -0.05) is 25.7 Å². The number of hydrogen-bond donors (Lipinski definition) is 2. The monoisotopic (exact) mass is 264 g/mol. The number of hydrogen-bond acceptors (Lipinski definition) is 2. The maximum Gasteiger partial charge on any atom is 0.224 e. The van der Waals surface area contributed by atoms with Crippen LogP contribution in [-0.4, -0.2) is 25.0 Å². The molecule has 0 aromatic carbocycles. The lowest BCUT2D eigenvalue weighted by molar-refractivity contribution is -0.126. The second-order valence-electron chi connectivity index (χ2n) is 6.81. The molecule has 3 aliphatic rings. The average molecular weight is 264 g/mol. The Morgan fingerprint density at radius 1 is 0.947 bits per heavy atom. The molecule has 108 valence electrons. The summed E-state index contributed by atoms with van der Waals surface area (Å²) < 4.78 is 0. The average Bonchev–Trinajstić information content (AvgIpc) is 3.17. The fourth-order valence-electron chi connectivity index (χ4n) is 4.41.